The summed E-state index contributed by atoms with van der Waals surface area (Å²) in [7, 11) is 0. The van der Waals surface area contributed by atoms with Gasteiger partial charge in [0.1, 0.15) is 23.3 Å². The van der Waals surface area contributed by atoms with Gasteiger partial charge in [-0.15, -0.1) is 0 Å². The van der Waals surface area contributed by atoms with Crippen molar-refractivity contribution in [3.05, 3.63) is 51.6 Å². The number of halogens is 1. The molecular weight excluding hydrogens is 385 g/mol. The van der Waals surface area contributed by atoms with Gasteiger partial charge in [-0.1, -0.05) is 6.07 Å². The van der Waals surface area contributed by atoms with E-state index >= 15 is 0 Å². The van der Waals surface area contributed by atoms with Crippen LogP contribution in [-0.2, 0) is 11.2 Å². The minimum atomic E-state index is -1.02. The molecule has 0 fully saturated rings. The van der Waals surface area contributed by atoms with Gasteiger partial charge in [0, 0.05) is 3.57 Å². The van der Waals surface area contributed by atoms with Crippen molar-refractivity contribution in [2.45, 2.75) is 12.5 Å². The number of ether oxygens (including phenoxy) is 1. The quantitative estimate of drug-likeness (QED) is 0.673. The van der Waals surface area contributed by atoms with E-state index in [0.717, 1.165) is 9.13 Å². The van der Waals surface area contributed by atoms with Gasteiger partial charge in [-0.3, -0.25) is 4.79 Å². The molecule has 0 saturated carbocycles. The van der Waals surface area contributed by atoms with Crippen LogP contribution >= 0.6 is 22.6 Å². The second-order valence-corrected chi connectivity index (χ2v) is 5.66. The average molecular weight is 399 g/mol. The van der Waals surface area contributed by atoms with Crippen LogP contribution in [-0.4, -0.2) is 22.2 Å². The molecule has 0 aliphatic heterocycles. The van der Waals surface area contributed by atoms with Gasteiger partial charge in [0.25, 0.3) is 0 Å². The average Bonchev–Trinajstić information content (AvgIpc) is 2.44. The highest BCUT2D eigenvalue weighted by molar-refractivity contribution is 14.1. The third kappa shape index (κ3) is 4.33. The summed E-state index contributed by atoms with van der Waals surface area (Å²) >= 11 is 2.12. The molecule has 0 amide bonds. The lowest BCUT2D eigenvalue weighted by Gasteiger charge is -2.11. The van der Waals surface area contributed by atoms with E-state index in [1.54, 1.807) is 36.4 Å². The van der Waals surface area contributed by atoms with Gasteiger partial charge in [0.05, 0.1) is 0 Å². The van der Waals surface area contributed by atoms with Crippen LogP contribution in [0.3, 0.4) is 0 Å². The molecule has 2 rings (SSSR count). The van der Waals surface area contributed by atoms with Gasteiger partial charge in [-0.25, -0.2) is 0 Å². The molecule has 0 radical (unpaired) electrons. The smallest absolute Gasteiger partial charge is 0.320 e. The zero-order chi connectivity index (χ0) is 15.4. The minimum Gasteiger partial charge on any atom is -0.508 e. The molecule has 110 valence electrons. The zero-order valence-electron chi connectivity index (χ0n) is 11.0. The summed E-state index contributed by atoms with van der Waals surface area (Å²) in [6.45, 7) is 0. The Morgan fingerprint density at radius 1 is 1.19 bits per heavy atom. The van der Waals surface area contributed by atoms with Crippen LogP contribution in [0, 0.1) is 3.57 Å². The molecule has 0 aliphatic rings. The van der Waals surface area contributed by atoms with E-state index in [1.165, 1.54) is 0 Å². The standard InChI is InChI=1S/C15H14INO4/c16-13-8-12(21-11-5-2-10(18)3-6-11)4-1-9(13)7-14(17)15(19)20/h1-6,8,14,18H,7,17H2,(H,19,20)/t14-/m0/s1. The van der Waals surface area contributed by atoms with Gasteiger partial charge in [-0.05, 0) is 71.0 Å². The first-order valence-electron chi connectivity index (χ1n) is 6.19. The van der Waals surface area contributed by atoms with Crippen molar-refractivity contribution in [2.24, 2.45) is 5.73 Å². The maximum absolute atomic E-state index is 10.8. The number of carboxylic acids is 1. The van der Waals surface area contributed by atoms with Crippen LogP contribution in [0.4, 0.5) is 0 Å². The molecule has 0 bridgehead atoms. The third-order valence-electron chi connectivity index (χ3n) is 2.85. The normalized spacial score (nSPS) is 11.9. The van der Waals surface area contributed by atoms with E-state index in [1.807, 2.05) is 6.07 Å². The number of benzene rings is 2. The Morgan fingerprint density at radius 2 is 1.81 bits per heavy atom. The lowest BCUT2D eigenvalue weighted by molar-refractivity contribution is -0.138. The topological polar surface area (TPSA) is 92.8 Å². The number of nitrogens with two attached hydrogens (primary N) is 1. The number of aliphatic carboxylic acids is 1. The van der Waals surface area contributed by atoms with E-state index in [4.69, 9.17) is 15.6 Å². The molecule has 0 saturated heterocycles. The fraction of sp³-hybridized carbons (Fsp3) is 0.133. The van der Waals surface area contributed by atoms with Crippen LogP contribution < -0.4 is 10.5 Å². The van der Waals surface area contributed by atoms with E-state index in [0.29, 0.717) is 11.5 Å². The maximum Gasteiger partial charge on any atom is 0.320 e. The van der Waals surface area contributed by atoms with Crippen LogP contribution in [0.5, 0.6) is 17.2 Å². The lowest BCUT2D eigenvalue weighted by Crippen LogP contribution is -2.32. The molecule has 0 aliphatic carbocycles. The first-order chi connectivity index (χ1) is 9.95. The van der Waals surface area contributed by atoms with Crippen LogP contribution in [0.15, 0.2) is 42.5 Å². The summed E-state index contributed by atoms with van der Waals surface area (Å²) < 4.78 is 6.55. The number of carboxylic acid groups (broad SMARTS) is 1. The molecule has 2 aromatic carbocycles. The summed E-state index contributed by atoms with van der Waals surface area (Å²) in [5, 5.41) is 18.0. The van der Waals surface area contributed by atoms with E-state index in [2.05, 4.69) is 22.6 Å². The predicted octanol–water partition coefficient (Wildman–Crippen LogP) is 2.74. The number of hydrogen-bond acceptors (Lipinski definition) is 4. The molecule has 0 aromatic heterocycles. The summed E-state index contributed by atoms with van der Waals surface area (Å²) in [5.74, 6) is 0.404. The fourth-order valence-electron chi connectivity index (χ4n) is 1.73. The van der Waals surface area contributed by atoms with Gasteiger partial charge < -0.3 is 20.7 Å². The van der Waals surface area contributed by atoms with E-state index in [-0.39, 0.29) is 12.2 Å². The highest BCUT2D eigenvalue weighted by Crippen LogP contribution is 2.26. The second kappa shape index (κ2) is 6.77. The number of phenolic OH excluding ortho intramolecular Hbond substituents is 1. The third-order valence-corrected chi connectivity index (χ3v) is 3.86. The first kappa shape index (κ1) is 15.6. The highest BCUT2D eigenvalue weighted by Gasteiger charge is 2.14. The molecule has 1 atom stereocenters. The molecule has 0 unspecified atom stereocenters. The highest BCUT2D eigenvalue weighted by atomic mass is 127. The number of aromatic hydroxyl groups is 1. The van der Waals surface area contributed by atoms with Crippen LogP contribution in [0.1, 0.15) is 5.56 Å². The van der Waals surface area contributed by atoms with Gasteiger partial charge in [0.2, 0.25) is 0 Å². The SMILES string of the molecule is N[C@@H](Cc1ccc(Oc2ccc(O)cc2)cc1I)C(=O)O. The number of hydrogen-bond donors (Lipinski definition) is 3. The van der Waals surface area contributed by atoms with E-state index < -0.39 is 12.0 Å². The Morgan fingerprint density at radius 3 is 2.38 bits per heavy atom. The van der Waals surface area contributed by atoms with Crippen LogP contribution in [0.25, 0.3) is 0 Å². The Labute approximate surface area is 135 Å². The lowest BCUT2D eigenvalue weighted by atomic mass is 10.1. The Kier molecular flexibility index (Phi) is 5.03. The molecule has 0 heterocycles. The molecular formula is C15H14INO4. The number of rotatable bonds is 5. The van der Waals surface area contributed by atoms with Gasteiger partial charge in [-0.2, -0.15) is 0 Å². The van der Waals surface area contributed by atoms with Crippen molar-refractivity contribution in [1.29, 1.82) is 0 Å². The minimum absolute atomic E-state index is 0.176. The molecule has 0 spiro atoms. The predicted molar refractivity (Wildman–Crippen MR) is 86.7 cm³/mol. The molecule has 21 heavy (non-hydrogen) atoms. The van der Waals surface area contributed by atoms with E-state index in [9.17, 15) is 9.90 Å². The van der Waals surface area contributed by atoms with Crippen LogP contribution in [0.2, 0.25) is 0 Å². The number of carbonyl (C=O) groups is 1. The first-order valence-corrected chi connectivity index (χ1v) is 7.27. The van der Waals surface area contributed by atoms with Crippen molar-refractivity contribution in [2.75, 3.05) is 0 Å². The zero-order valence-corrected chi connectivity index (χ0v) is 13.1. The Hall–Kier alpha value is -1.80. The maximum atomic E-state index is 10.8. The Bertz CT molecular complexity index is 643. The van der Waals surface area contributed by atoms with Crippen molar-refractivity contribution in [3.8, 4) is 17.2 Å². The summed E-state index contributed by atoms with van der Waals surface area (Å²) in [4.78, 5) is 10.8. The van der Waals surface area contributed by atoms with Crippen molar-refractivity contribution in [1.82, 2.24) is 0 Å². The summed E-state index contributed by atoms with van der Waals surface area (Å²) in [6, 6.07) is 10.9. The van der Waals surface area contributed by atoms with Crippen molar-refractivity contribution >= 4 is 28.6 Å². The second-order valence-electron chi connectivity index (χ2n) is 4.50. The Balaban J connectivity index is 2.11. The fourth-order valence-corrected chi connectivity index (χ4v) is 2.44. The van der Waals surface area contributed by atoms with Crippen molar-refractivity contribution in [3.63, 3.8) is 0 Å². The summed E-state index contributed by atoms with van der Waals surface area (Å²) in [5.41, 5.74) is 6.40. The van der Waals surface area contributed by atoms with Gasteiger partial charge >= 0.3 is 5.97 Å². The summed E-state index contributed by atoms with van der Waals surface area (Å²) in [6.07, 6.45) is 0.271. The number of phenols is 1. The largest absolute Gasteiger partial charge is 0.508 e. The van der Waals surface area contributed by atoms with Gasteiger partial charge in [0.15, 0.2) is 0 Å². The molecule has 6 heteroatoms. The monoisotopic (exact) mass is 399 g/mol. The molecule has 5 nitrogen and oxygen atoms in total. The van der Waals surface area contributed by atoms with Crippen molar-refractivity contribution < 1.29 is 19.7 Å². The molecule has 2 aromatic rings. The molecule has 4 N–H and O–H groups in total.